The van der Waals surface area contributed by atoms with Gasteiger partial charge < -0.3 is 9.15 Å². The van der Waals surface area contributed by atoms with Gasteiger partial charge in [0.05, 0.1) is 5.39 Å². The maximum absolute atomic E-state index is 12.9. The fourth-order valence-corrected chi connectivity index (χ4v) is 3.14. The summed E-state index contributed by atoms with van der Waals surface area (Å²) >= 11 is 0. The van der Waals surface area contributed by atoms with Crippen molar-refractivity contribution in [1.29, 1.82) is 0 Å². The lowest BCUT2D eigenvalue weighted by Gasteiger charge is -2.10. The van der Waals surface area contributed by atoms with Gasteiger partial charge in [0.2, 0.25) is 0 Å². The Morgan fingerprint density at radius 2 is 1.57 bits per heavy atom. The third-order valence-electron chi connectivity index (χ3n) is 4.61. The van der Waals surface area contributed by atoms with Gasteiger partial charge in [-0.15, -0.1) is 0 Å². The Bertz CT molecular complexity index is 1190. The lowest BCUT2D eigenvalue weighted by molar-refractivity contribution is 0.0474. The standard InChI is InChI=1S/C24H18O4/c1-16-21(25)19-13-8-14-20(24(26)27-15-17-9-4-2-5-10-17)23(19)28-22(16)18-11-6-3-7-12-18/h2-14H,15H2,1H3. The molecule has 0 aliphatic rings. The molecule has 1 aromatic heterocycles. The molecule has 0 saturated heterocycles. The Balaban J connectivity index is 1.78. The molecule has 0 saturated carbocycles. The van der Waals surface area contributed by atoms with E-state index in [9.17, 15) is 9.59 Å². The highest BCUT2D eigenvalue weighted by molar-refractivity contribution is 6.02. The van der Waals surface area contributed by atoms with Gasteiger partial charge in [0.15, 0.2) is 11.0 Å². The van der Waals surface area contributed by atoms with E-state index in [1.54, 1.807) is 25.1 Å². The molecule has 1 heterocycles. The van der Waals surface area contributed by atoms with Gasteiger partial charge in [-0.05, 0) is 24.6 Å². The van der Waals surface area contributed by atoms with E-state index in [-0.39, 0.29) is 23.2 Å². The van der Waals surface area contributed by atoms with Crippen LogP contribution in [-0.2, 0) is 11.3 Å². The molecule has 4 rings (SSSR count). The first-order valence-electron chi connectivity index (χ1n) is 8.98. The molecule has 0 radical (unpaired) electrons. The zero-order valence-corrected chi connectivity index (χ0v) is 15.3. The van der Waals surface area contributed by atoms with Crippen molar-refractivity contribution in [2.45, 2.75) is 13.5 Å². The van der Waals surface area contributed by atoms with Crippen LogP contribution in [0.25, 0.3) is 22.3 Å². The average molecular weight is 370 g/mol. The first-order chi connectivity index (χ1) is 13.6. The van der Waals surface area contributed by atoms with E-state index in [1.165, 1.54) is 0 Å². The zero-order chi connectivity index (χ0) is 19.5. The average Bonchev–Trinajstić information content (AvgIpc) is 2.75. The Hall–Kier alpha value is -3.66. The third-order valence-corrected chi connectivity index (χ3v) is 4.61. The van der Waals surface area contributed by atoms with Crippen LogP contribution in [0.3, 0.4) is 0 Å². The van der Waals surface area contributed by atoms with Crippen LogP contribution in [0.15, 0.2) is 88.1 Å². The number of hydrogen-bond donors (Lipinski definition) is 0. The van der Waals surface area contributed by atoms with Crippen LogP contribution in [0.1, 0.15) is 21.5 Å². The summed E-state index contributed by atoms with van der Waals surface area (Å²) in [5.41, 5.74) is 2.51. The molecule has 0 aliphatic carbocycles. The lowest BCUT2D eigenvalue weighted by atomic mass is 10.0. The summed E-state index contributed by atoms with van der Waals surface area (Å²) in [7, 11) is 0. The summed E-state index contributed by atoms with van der Waals surface area (Å²) in [5.74, 6) is -0.0677. The van der Waals surface area contributed by atoms with Gasteiger partial charge in [-0.3, -0.25) is 4.79 Å². The predicted molar refractivity (Wildman–Crippen MR) is 108 cm³/mol. The maximum atomic E-state index is 12.9. The smallest absolute Gasteiger partial charge is 0.342 e. The second-order valence-electron chi connectivity index (χ2n) is 6.50. The fourth-order valence-electron chi connectivity index (χ4n) is 3.14. The highest BCUT2D eigenvalue weighted by atomic mass is 16.5. The van der Waals surface area contributed by atoms with Gasteiger partial charge in [-0.25, -0.2) is 4.79 Å². The number of benzene rings is 3. The first-order valence-corrected chi connectivity index (χ1v) is 8.98. The molecule has 0 fully saturated rings. The van der Waals surface area contributed by atoms with E-state index in [0.717, 1.165) is 11.1 Å². The lowest BCUT2D eigenvalue weighted by Crippen LogP contribution is -2.11. The van der Waals surface area contributed by atoms with Crippen LogP contribution in [0, 0.1) is 6.92 Å². The van der Waals surface area contributed by atoms with Crippen LogP contribution in [0.5, 0.6) is 0 Å². The van der Waals surface area contributed by atoms with Crippen LogP contribution in [0.2, 0.25) is 0 Å². The van der Waals surface area contributed by atoms with Crippen molar-refractivity contribution in [3.63, 3.8) is 0 Å². The molecule has 0 amide bonds. The molecule has 4 heteroatoms. The van der Waals surface area contributed by atoms with Crippen LogP contribution < -0.4 is 5.43 Å². The van der Waals surface area contributed by atoms with Gasteiger partial charge in [-0.2, -0.15) is 0 Å². The number of ether oxygens (including phenoxy) is 1. The van der Waals surface area contributed by atoms with E-state index in [1.807, 2.05) is 60.7 Å². The normalized spacial score (nSPS) is 10.8. The number of para-hydroxylation sites is 1. The zero-order valence-electron chi connectivity index (χ0n) is 15.3. The molecule has 4 aromatic rings. The molecule has 4 nitrogen and oxygen atoms in total. The summed E-state index contributed by atoms with van der Waals surface area (Å²) in [6, 6.07) is 23.8. The third kappa shape index (κ3) is 3.32. The van der Waals surface area contributed by atoms with E-state index in [2.05, 4.69) is 0 Å². The minimum atomic E-state index is -0.527. The van der Waals surface area contributed by atoms with Gasteiger partial charge in [0.25, 0.3) is 0 Å². The summed E-state index contributed by atoms with van der Waals surface area (Å²) in [5, 5.41) is 0.367. The number of rotatable bonds is 4. The van der Waals surface area contributed by atoms with Crippen LogP contribution in [0.4, 0.5) is 0 Å². The molecular formula is C24H18O4. The number of carbonyl (C=O) groups is 1. The summed E-state index contributed by atoms with van der Waals surface area (Å²) in [6.07, 6.45) is 0. The van der Waals surface area contributed by atoms with Crippen molar-refractivity contribution in [2.75, 3.05) is 0 Å². The highest BCUT2D eigenvalue weighted by Gasteiger charge is 2.19. The number of carbonyl (C=O) groups excluding carboxylic acids is 1. The second-order valence-corrected chi connectivity index (χ2v) is 6.50. The van der Waals surface area contributed by atoms with Crippen molar-refractivity contribution in [2.24, 2.45) is 0 Å². The summed E-state index contributed by atoms with van der Waals surface area (Å²) in [4.78, 5) is 25.6. The Labute approximate surface area is 162 Å². The number of hydrogen-bond acceptors (Lipinski definition) is 4. The second kappa shape index (κ2) is 7.53. The Kier molecular flexibility index (Phi) is 4.77. The number of esters is 1. The SMILES string of the molecule is Cc1c(-c2ccccc2)oc2c(C(=O)OCc3ccccc3)cccc2c1=O. The fraction of sp³-hybridized carbons (Fsp3) is 0.0833. The van der Waals surface area contributed by atoms with Gasteiger partial charge >= 0.3 is 5.97 Å². The van der Waals surface area contributed by atoms with Crippen molar-refractivity contribution >= 4 is 16.9 Å². The van der Waals surface area contributed by atoms with Crippen LogP contribution >= 0.6 is 0 Å². The maximum Gasteiger partial charge on any atom is 0.342 e. The molecule has 0 spiro atoms. The molecule has 3 aromatic carbocycles. The Morgan fingerprint density at radius 1 is 0.893 bits per heavy atom. The monoisotopic (exact) mass is 370 g/mol. The first kappa shape index (κ1) is 17.7. The van der Waals surface area contributed by atoms with E-state index < -0.39 is 5.97 Å². The largest absolute Gasteiger partial charge is 0.457 e. The van der Waals surface area contributed by atoms with Crippen molar-refractivity contribution in [1.82, 2.24) is 0 Å². The number of fused-ring (bicyclic) bond motifs is 1. The molecule has 0 unspecified atom stereocenters. The van der Waals surface area contributed by atoms with Gasteiger partial charge in [-0.1, -0.05) is 66.7 Å². The van der Waals surface area contributed by atoms with Crippen LogP contribution in [-0.4, -0.2) is 5.97 Å². The van der Waals surface area contributed by atoms with Crippen molar-refractivity contribution in [3.8, 4) is 11.3 Å². The molecule has 138 valence electrons. The highest BCUT2D eigenvalue weighted by Crippen LogP contribution is 2.27. The van der Waals surface area contributed by atoms with Gasteiger partial charge in [0.1, 0.15) is 17.9 Å². The predicted octanol–water partition coefficient (Wildman–Crippen LogP) is 5.13. The van der Waals surface area contributed by atoms with E-state index in [0.29, 0.717) is 16.7 Å². The molecule has 0 atom stereocenters. The molecule has 0 bridgehead atoms. The van der Waals surface area contributed by atoms with Gasteiger partial charge in [0, 0.05) is 11.1 Å². The Morgan fingerprint density at radius 3 is 2.29 bits per heavy atom. The van der Waals surface area contributed by atoms with E-state index in [4.69, 9.17) is 9.15 Å². The van der Waals surface area contributed by atoms with Crippen molar-refractivity contribution < 1.29 is 13.9 Å². The minimum absolute atomic E-state index is 0.150. The summed E-state index contributed by atoms with van der Waals surface area (Å²) in [6.45, 7) is 1.88. The van der Waals surface area contributed by atoms with Crippen molar-refractivity contribution in [3.05, 3.63) is 106 Å². The van der Waals surface area contributed by atoms with E-state index >= 15 is 0 Å². The topological polar surface area (TPSA) is 56.5 Å². The molecule has 28 heavy (non-hydrogen) atoms. The minimum Gasteiger partial charge on any atom is -0.457 e. The molecule has 0 aliphatic heterocycles. The molecule has 0 N–H and O–H groups in total. The summed E-state index contributed by atoms with van der Waals surface area (Å²) < 4.78 is 11.5. The quantitative estimate of drug-likeness (QED) is 0.468. The molecular weight excluding hydrogens is 352 g/mol.